The molecule has 0 unspecified atom stereocenters. The Bertz CT molecular complexity index is 613. The molecule has 0 aliphatic rings. The molecule has 20 heavy (non-hydrogen) atoms. The van der Waals surface area contributed by atoms with E-state index >= 15 is 0 Å². The summed E-state index contributed by atoms with van der Waals surface area (Å²) in [5.41, 5.74) is 5.46. The highest BCUT2D eigenvalue weighted by molar-refractivity contribution is 6.31. The third-order valence-corrected chi connectivity index (χ3v) is 3.44. The standard InChI is InChI=1S/C14H18ClN5/c1-8(2)12-13(17-7-18-14(12)20-16)19-10-5-4-9(3)11(15)6-10/h4-8H,16H2,1-3H3,(H2,17,18,19,20). The maximum absolute atomic E-state index is 6.14. The van der Waals surface area contributed by atoms with Crippen LogP contribution in [0.5, 0.6) is 0 Å². The van der Waals surface area contributed by atoms with Gasteiger partial charge >= 0.3 is 0 Å². The van der Waals surface area contributed by atoms with Gasteiger partial charge in [0.15, 0.2) is 0 Å². The normalized spacial score (nSPS) is 10.7. The Morgan fingerprint density at radius 3 is 2.50 bits per heavy atom. The van der Waals surface area contributed by atoms with Crippen LogP contribution in [0.15, 0.2) is 24.5 Å². The number of nitrogens with two attached hydrogens (primary N) is 1. The van der Waals surface area contributed by atoms with Gasteiger partial charge in [-0.15, -0.1) is 0 Å². The maximum atomic E-state index is 6.14. The molecular weight excluding hydrogens is 274 g/mol. The summed E-state index contributed by atoms with van der Waals surface area (Å²) in [6, 6.07) is 5.80. The predicted molar refractivity (Wildman–Crippen MR) is 83.4 cm³/mol. The Labute approximate surface area is 123 Å². The fraction of sp³-hybridized carbons (Fsp3) is 0.286. The van der Waals surface area contributed by atoms with Crippen LogP contribution in [0.4, 0.5) is 17.3 Å². The van der Waals surface area contributed by atoms with Gasteiger partial charge < -0.3 is 10.7 Å². The van der Waals surface area contributed by atoms with Crippen molar-refractivity contribution in [1.29, 1.82) is 0 Å². The second-order valence-corrected chi connectivity index (χ2v) is 5.28. The van der Waals surface area contributed by atoms with Crippen LogP contribution in [-0.2, 0) is 0 Å². The zero-order valence-electron chi connectivity index (χ0n) is 11.7. The van der Waals surface area contributed by atoms with Gasteiger partial charge in [-0.2, -0.15) is 0 Å². The maximum Gasteiger partial charge on any atom is 0.148 e. The van der Waals surface area contributed by atoms with Crippen molar-refractivity contribution in [3.05, 3.63) is 40.7 Å². The monoisotopic (exact) mass is 291 g/mol. The van der Waals surface area contributed by atoms with Gasteiger partial charge in [-0.05, 0) is 30.5 Å². The molecule has 0 radical (unpaired) electrons. The third-order valence-electron chi connectivity index (χ3n) is 3.03. The van der Waals surface area contributed by atoms with E-state index in [1.165, 1.54) is 6.33 Å². The summed E-state index contributed by atoms with van der Waals surface area (Å²) in [5, 5.41) is 3.98. The summed E-state index contributed by atoms with van der Waals surface area (Å²) in [4.78, 5) is 8.43. The Hall–Kier alpha value is -1.85. The predicted octanol–water partition coefficient (Wildman–Crippen LogP) is 3.59. The van der Waals surface area contributed by atoms with E-state index < -0.39 is 0 Å². The molecule has 1 aromatic carbocycles. The van der Waals surface area contributed by atoms with Gasteiger partial charge in [0.25, 0.3) is 0 Å². The smallest absolute Gasteiger partial charge is 0.148 e. The minimum absolute atomic E-state index is 0.227. The van der Waals surface area contributed by atoms with Crippen LogP contribution in [0.3, 0.4) is 0 Å². The number of benzene rings is 1. The summed E-state index contributed by atoms with van der Waals surface area (Å²) >= 11 is 6.14. The van der Waals surface area contributed by atoms with E-state index in [-0.39, 0.29) is 5.92 Å². The molecule has 6 heteroatoms. The number of hydrogen-bond acceptors (Lipinski definition) is 5. The highest BCUT2D eigenvalue weighted by Gasteiger charge is 2.14. The summed E-state index contributed by atoms with van der Waals surface area (Å²) in [7, 11) is 0. The molecular formula is C14H18ClN5. The van der Waals surface area contributed by atoms with E-state index in [4.69, 9.17) is 17.4 Å². The molecule has 2 rings (SSSR count). The molecule has 0 spiro atoms. The number of aryl methyl sites for hydroxylation is 1. The first-order valence-corrected chi connectivity index (χ1v) is 6.75. The summed E-state index contributed by atoms with van der Waals surface area (Å²) in [5.74, 6) is 7.08. The number of anilines is 3. The lowest BCUT2D eigenvalue weighted by molar-refractivity contribution is 0.850. The number of hydrazine groups is 1. The molecule has 0 aliphatic carbocycles. The highest BCUT2D eigenvalue weighted by atomic mass is 35.5. The van der Waals surface area contributed by atoms with Crippen molar-refractivity contribution in [1.82, 2.24) is 9.97 Å². The summed E-state index contributed by atoms with van der Waals surface area (Å²) < 4.78 is 0. The zero-order valence-corrected chi connectivity index (χ0v) is 12.5. The Balaban J connectivity index is 2.40. The van der Waals surface area contributed by atoms with Crippen LogP contribution >= 0.6 is 11.6 Å². The first kappa shape index (κ1) is 14.6. The lowest BCUT2D eigenvalue weighted by atomic mass is 10.0. The van der Waals surface area contributed by atoms with E-state index in [0.29, 0.717) is 10.8 Å². The zero-order chi connectivity index (χ0) is 14.7. The Kier molecular flexibility index (Phi) is 4.42. The fourth-order valence-corrected chi connectivity index (χ4v) is 2.14. The molecule has 4 N–H and O–H groups in total. The molecule has 0 fully saturated rings. The van der Waals surface area contributed by atoms with Crippen LogP contribution < -0.4 is 16.6 Å². The van der Waals surface area contributed by atoms with E-state index in [0.717, 1.165) is 22.6 Å². The molecule has 1 heterocycles. The van der Waals surface area contributed by atoms with Crippen LogP contribution in [0.25, 0.3) is 0 Å². The summed E-state index contributed by atoms with van der Waals surface area (Å²) in [6.45, 7) is 6.09. The van der Waals surface area contributed by atoms with Crippen molar-refractivity contribution in [2.45, 2.75) is 26.7 Å². The number of nitrogens with zero attached hydrogens (tertiary/aromatic N) is 2. The lowest BCUT2D eigenvalue weighted by Crippen LogP contribution is -2.14. The average molecular weight is 292 g/mol. The number of rotatable bonds is 4. The Morgan fingerprint density at radius 1 is 1.20 bits per heavy atom. The molecule has 0 aliphatic heterocycles. The van der Waals surface area contributed by atoms with Crippen molar-refractivity contribution in [2.24, 2.45) is 5.84 Å². The number of halogens is 1. The minimum Gasteiger partial charge on any atom is -0.340 e. The molecule has 5 nitrogen and oxygen atoms in total. The van der Waals surface area contributed by atoms with E-state index in [1.807, 2.05) is 25.1 Å². The molecule has 0 bridgehead atoms. The quantitative estimate of drug-likeness (QED) is 0.593. The number of aromatic nitrogens is 2. The fourth-order valence-electron chi connectivity index (χ4n) is 1.96. The van der Waals surface area contributed by atoms with Gasteiger partial charge in [0, 0.05) is 16.3 Å². The molecule has 0 saturated heterocycles. The number of nitrogens with one attached hydrogen (secondary N) is 2. The second-order valence-electron chi connectivity index (χ2n) is 4.87. The molecule has 2 aromatic rings. The van der Waals surface area contributed by atoms with Crippen molar-refractivity contribution < 1.29 is 0 Å². The topological polar surface area (TPSA) is 75.9 Å². The highest BCUT2D eigenvalue weighted by Crippen LogP contribution is 2.30. The lowest BCUT2D eigenvalue weighted by Gasteiger charge is -2.16. The third kappa shape index (κ3) is 3.00. The Morgan fingerprint density at radius 2 is 1.90 bits per heavy atom. The van der Waals surface area contributed by atoms with Gasteiger partial charge in [0.1, 0.15) is 18.0 Å². The van der Waals surface area contributed by atoms with Crippen molar-refractivity contribution in [3.8, 4) is 0 Å². The van der Waals surface area contributed by atoms with Gasteiger partial charge in [-0.3, -0.25) is 0 Å². The largest absolute Gasteiger partial charge is 0.340 e. The molecule has 106 valence electrons. The van der Waals surface area contributed by atoms with Crippen LogP contribution in [-0.4, -0.2) is 9.97 Å². The van der Waals surface area contributed by atoms with E-state index in [2.05, 4.69) is 34.6 Å². The van der Waals surface area contributed by atoms with E-state index in [9.17, 15) is 0 Å². The van der Waals surface area contributed by atoms with Crippen molar-refractivity contribution >= 4 is 28.9 Å². The van der Waals surface area contributed by atoms with Gasteiger partial charge in [-0.1, -0.05) is 31.5 Å². The molecule has 0 amide bonds. The van der Waals surface area contributed by atoms with Crippen LogP contribution in [0.2, 0.25) is 5.02 Å². The first-order chi connectivity index (χ1) is 9.52. The molecule has 0 atom stereocenters. The average Bonchev–Trinajstić information content (AvgIpc) is 2.42. The SMILES string of the molecule is Cc1ccc(Nc2ncnc(NN)c2C(C)C)cc1Cl. The van der Waals surface area contributed by atoms with Crippen molar-refractivity contribution in [2.75, 3.05) is 10.7 Å². The molecule has 0 saturated carbocycles. The van der Waals surface area contributed by atoms with Crippen molar-refractivity contribution in [3.63, 3.8) is 0 Å². The van der Waals surface area contributed by atoms with Crippen LogP contribution in [0, 0.1) is 6.92 Å². The number of nitrogen functional groups attached to an aromatic ring is 1. The van der Waals surface area contributed by atoms with Gasteiger partial charge in [0.05, 0.1) is 0 Å². The van der Waals surface area contributed by atoms with Gasteiger partial charge in [0.2, 0.25) is 0 Å². The number of hydrogen-bond donors (Lipinski definition) is 3. The van der Waals surface area contributed by atoms with Gasteiger partial charge in [-0.25, -0.2) is 15.8 Å². The minimum atomic E-state index is 0.227. The van der Waals surface area contributed by atoms with Crippen LogP contribution in [0.1, 0.15) is 30.9 Å². The summed E-state index contributed by atoms with van der Waals surface area (Å²) in [6.07, 6.45) is 1.47. The first-order valence-electron chi connectivity index (χ1n) is 6.37. The van der Waals surface area contributed by atoms with E-state index in [1.54, 1.807) is 0 Å². The second kappa shape index (κ2) is 6.07. The molecule has 1 aromatic heterocycles.